The number of carbonyl (C=O) groups excluding carboxylic acids is 2. The van der Waals surface area contributed by atoms with Crippen molar-refractivity contribution in [3.8, 4) is 17.2 Å². The summed E-state index contributed by atoms with van der Waals surface area (Å²) in [5.74, 6) is 0.226. The number of fused-ring (bicyclic) bond motifs is 1. The minimum absolute atomic E-state index is 0.246. The number of hydrogen-bond acceptors (Lipinski definition) is 6. The lowest BCUT2D eigenvalue weighted by atomic mass is 10.1. The Kier molecular flexibility index (Phi) is 7.82. The zero-order valence-electron chi connectivity index (χ0n) is 19.6. The van der Waals surface area contributed by atoms with E-state index in [1.807, 2.05) is 42.5 Å². The van der Waals surface area contributed by atoms with Crippen LogP contribution in [-0.4, -0.2) is 31.3 Å². The summed E-state index contributed by atoms with van der Waals surface area (Å²) in [6.45, 7) is 1.65. The zero-order chi connectivity index (χ0) is 25.5. The van der Waals surface area contributed by atoms with Gasteiger partial charge in [0, 0.05) is 5.02 Å². The summed E-state index contributed by atoms with van der Waals surface area (Å²) in [5, 5.41) is 6.63. The molecule has 8 heteroatoms. The van der Waals surface area contributed by atoms with Gasteiger partial charge < -0.3 is 14.2 Å². The maximum atomic E-state index is 12.4. The molecule has 0 saturated heterocycles. The number of halogens is 1. The lowest BCUT2D eigenvalue weighted by Gasteiger charge is -2.13. The molecular weight excluding hydrogens is 480 g/mol. The van der Waals surface area contributed by atoms with Crippen molar-refractivity contribution < 1.29 is 23.8 Å². The van der Waals surface area contributed by atoms with E-state index in [0.29, 0.717) is 27.6 Å². The van der Waals surface area contributed by atoms with E-state index in [1.54, 1.807) is 49.4 Å². The largest absolute Gasteiger partial charge is 0.493 e. The second-order valence-electron chi connectivity index (χ2n) is 7.81. The smallest absolute Gasteiger partial charge is 0.343 e. The fourth-order valence-corrected chi connectivity index (χ4v) is 3.48. The van der Waals surface area contributed by atoms with Crippen molar-refractivity contribution in [2.75, 3.05) is 7.11 Å². The van der Waals surface area contributed by atoms with Crippen LogP contribution in [0.1, 0.15) is 22.8 Å². The van der Waals surface area contributed by atoms with Gasteiger partial charge in [-0.2, -0.15) is 5.10 Å². The molecule has 0 heterocycles. The molecule has 0 spiro atoms. The van der Waals surface area contributed by atoms with Gasteiger partial charge in [0.05, 0.1) is 18.9 Å². The van der Waals surface area contributed by atoms with E-state index in [2.05, 4.69) is 10.5 Å². The molecule has 36 heavy (non-hydrogen) atoms. The lowest BCUT2D eigenvalue weighted by molar-refractivity contribution is -0.127. The van der Waals surface area contributed by atoms with Crippen LogP contribution in [0.2, 0.25) is 5.02 Å². The Bertz CT molecular complexity index is 1420. The van der Waals surface area contributed by atoms with Crippen molar-refractivity contribution in [1.29, 1.82) is 0 Å². The maximum absolute atomic E-state index is 12.4. The third-order valence-corrected chi connectivity index (χ3v) is 5.51. The molecule has 0 aliphatic carbocycles. The Labute approximate surface area is 213 Å². The number of carbonyl (C=O) groups is 2. The van der Waals surface area contributed by atoms with E-state index >= 15 is 0 Å². The van der Waals surface area contributed by atoms with Crippen molar-refractivity contribution in [1.82, 2.24) is 5.43 Å². The summed E-state index contributed by atoms with van der Waals surface area (Å²) in [6, 6.07) is 24.8. The summed E-state index contributed by atoms with van der Waals surface area (Å²) in [5.41, 5.74) is 3.45. The molecule has 0 aromatic heterocycles. The molecule has 1 atom stereocenters. The van der Waals surface area contributed by atoms with E-state index < -0.39 is 18.0 Å². The monoisotopic (exact) mass is 502 g/mol. The predicted molar refractivity (Wildman–Crippen MR) is 139 cm³/mol. The normalized spacial score (nSPS) is 11.8. The van der Waals surface area contributed by atoms with Crippen molar-refractivity contribution in [3.05, 3.63) is 101 Å². The Hall–Kier alpha value is -4.36. The molecule has 0 bridgehead atoms. The number of hydrazone groups is 1. The van der Waals surface area contributed by atoms with Gasteiger partial charge in [0.1, 0.15) is 5.75 Å². The topological polar surface area (TPSA) is 86.2 Å². The van der Waals surface area contributed by atoms with Crippen molar-refractivity contribution >= 4 is 40.5 Å². The standard InChI is InChI=1S/C28H23ClN2O5/c1-18(35-24-13-10-20-5-3-4-6-22(20)16-24)27(32)31-30-17-19-7-14-25(26(15-19)34-2)36-28(33)21-8-11-23(29)12-9-21/h3-18H,1-2H3,(H,31,32)/b30-17-/t18-/m1/s1. The highest BCUT2D eigenvalue weighted by Crippen LogP contribution is 2.28. The highest BCUT2D eigenvalue weighted by Gasteiger charge is 2.15. The fraction of sp³-hybridized carbons (Fsp3) is 0.107. The number of esters is 1. The second kappa shape index (κ2) is 11.4. The first kappa shape index (κ1) is 24.8. The van der Waals surface area contributed by atoms with Gasteiger partial charge in [0.25, 0.3) is 5.91 Å². The van der Waals surface area contributed by atoms with E-state index in [4.69, 9.17) is 25.8 Å². The Balaban J connectivity index is 1.35. The van der Waals surface area contributed by atoms with Crippen LogP contribution < -0.4 is 19.6 Å². The molecule has 4 aromatic carbocycles. The molecule has 1 amide bonds. The number of nitrogens with one attached hydrogen (secondary N) is 1. The molecule has 182 valence electrons. The molecule has 0 radical (unpaired) electrons. The number of methoxy groups -OCH3 is 1. The van der Waals surface area contributed by atoms with Gasteiger partial charge in [-0.3, -0.25) is 4.79 Å². The van der Waals surface area contributed by atoms with Crippen LogP contribution in [0.15, 0.2) is 90.0 Å². The van der Waals surface area contributed by atoms with Crippen molar-refractivity contribution in [2.45, 2.75) is 13.0 Å². The highest BCUT2D eigenvalue weighted by atomic mass is 35.5. The minimum atomic E-state index is -0.757. The van der Waals surface area contributed by atoms with Crippen LogP contribution in [0.4, 0.5) is 0 Å². The molecule has 4 rings (SSSR count). The van der Waals surface area contributed by atoms with Crippen LogP contribution in [0.5, 0.6) is 17.2 Å². The minimum Gasteiger partial charge on any atom is -0.493 e. The Morgan fingerprint density at radius 1 is 0.917 bits per heavy atom. The summed E-state index contributed by atoms with van der Waals surface area (Å²) >= 11 is 5.86. The molecule has 0 fully saturated rings. The van der Waals surface area contributed by atoms with Gasteiger partial charge in [-0.15, -0.1) is 0 Å². The molecule has 0 saturated carbocycles. The third-order valence-electron chi connectivity index (χ3n) is 5.26. The maximum Gasteiger partial charge on any atom is 0.343 e. The van der Waals surface area contributed by atoms with E-state index in [0.717, 1.165) is 10.8 Å². The van der Waals surface area contributed by atoms with Gasteiger partial charge >= 0.3 is 5.97 Å². The highest BCUT2D eigenvalue weighted by molar-refractivity contribution is 6.30. The Morgan fingerprint density at radius 3 is 2.42 bits per heavy atom. The van der Waals surface area contributed by atoms with Crippen LogP contribution in [0, 0.1) is 0 Å². The first-order chi connectivity index (χ1) is 17.4. The SMILES string of the molecule is COc1cc(/C=N\NC(=O)[C@@H](C)Oc2ccc3ccccc3c2)ccc1OC(=O)c1ccc(Cl)cc1. The summed E-state index contributed by atoms with van der Waals surface area (Å²) in [7, 11) is 1.46. The number of nitrogens with zero attached hydrogens (tertiary/aromatic N) is 1. The fourth-order valence-electron chi connectivity index (χ4n) is 3.35. The number of rotatable bonds is 8. The second-order valence-corrected chi connectivity index (χ2v) is 8.25. The van der Waals surface area contributed by atoms with Gasteiger partial charge in [-0.05, 0) is 77.9 Å². The number of benzene rings is 4. The van der Waals surface area contributed by atoms with Crippen molar-refractivity contribution in [2.24, 2.45) is 5.10 Å². The number of amides is 1. The van der Waals surface area contributed by atoms with Crippen molar-refractivity contribution in [3.63, 3.8) is 0 Å². The predicted octanol–water partition coefficient (Wildman–Crippen LogP) is 5.64. The third kappa shape index (κ3) is 6.20. The molecule has 4 aromatic rings. The average Bonchev–Trinajstić information content (AvgIpc) is 2.89. The van der Waals surface area contributed by atoms with Gasteiger partial charge in [0.2, 0.25) is 0 Å². The number of ether oxygens (including phenoxy) is 3. The van der Waals surface area contributed by atoms with Gasteiger partial charge in [0.15, 0.2) is 17.6 Å². The molecule has 1 N–H and O–H groups in total. The average molecular weight is 503 g/mol. The van der Waals surface area contributed by atoms with Crippen LogP contribution in [0.25, 0.3) is 10.8 Å². The first-order valence-corrected chi connectivity index (χ1v) is 11.4. The Morgan fingerprint density at radius 2 is 1.67 bits per heavy atom. The molecule has 0 unspecified atom stereocenters. The summed E-state index contributed by atoms with van der Waals surface area (Å²) in [6.07, 6.45) is 0.695. The quantitative estimate of drug-likeness (QED) is 0.146. The lowest BCUT2D eigenvalue weighted by Crippen LogP contribution is -2.33. The molecular formula is C28H23ClN2O5. The zero-order valence-corrected chi connectivity index (χ0v) is 20.4. The van der Waals surface area contributed by atoms with Crippen LogP contribution >= 0.6 is 11.6 Å². The molecule has 0 aliphatic rings. The van der Waals surface area contributed by atoms with Crippen LogP contribution in [-0.2, 0) is 4.79 Å². The van der Waals surface area contributed by atoms with Crippen LogP contribution in [0.3, 0.4) is 0 Å². The van der Waals surface area contributed by atoms with Gasteiger partial charge in [-0.1, -0.05) is 41.9 Å². The van der Waals surface area contributed by atoms with E-state index in [-0.39, 0.29) is 5.75 Å². The van der Waals surface area contributed by atoms with E-state index in [9.17, 15) is 9.59 Å². The van der Waals surface area contributed by atoms with E-state index in [1.165, 1.54) is 13.3 Å². The summed E-state index contributed by atoms with van der Waals surface area (Å²) in [4.78, 5) is 24.8. The molecule has 0 aliphatic heterocycles. The first-order valence-electron chi connectivity index (χ1n) is 11.1. The molecule has 7 nitrogen and oxygen atoms in total. The van der Waals surface area contributed by atoms with Gasteiger partial charge in [-0.25, -0.2) is 10.2 Å². The number of hydrogen-bond donors (Lipinski definition) is 1. The summed E-state index contributed by atoms with van der Waals surface area (Å²) < 4.78 is 16.5.